The molecule has 1 nitrogen and oxygen atoms in total. The van der Waals surface area contributed by atoms with Gasteiger partial charge in [-0.1, -0.05) is 127 Å². The zero-order valence-corrected chi connectivity index (χ0v) is 30.5. The van der Waals surface area contributed by atoms with Crippen LogP contribution in [0.1, 0.15) is 34.1 Å². The van der Waals surface area contributed by atoms with Gasteiger partial charge in [-0.3, -0.25) is 0 Å². The average Bonchev–Trinajstić information content (AvgIpc) is 3.67. The summed E-state index contributed by atoms with van der Waals surface area (Å²) in [5.74, 6) is 0. The Morgan fingerprint density at radius 2 is 1.27 bits per heavy atom. The SMILES string of the molecule is C=C/C=C(\C=C)N(c1ccccc1)c1cccc2sc3ccc(C)cc3c12.C=Cc1sc2ccc(C)cc2c1/C=C\C.Cc1ccccc1. The first-order chi connectivity index (χ1) is 23.9. The second-order valence-corrected chi connectivity index (χ2v) is 13.9. The van der Waals surface area contributed by atoms with Gasteiger partial charge >= 0.3 is 0 Å². The summed E-state index contributed by atoms with van der Waals surface area (Å²) in [6, 6.07) is 40.5. The van der Waals surface area contributed by atoms with E-state index in [1.54, 1.807) is 11.3 Å². The molecule has 0 atom stereocenters. The Bertz CT molecular complexity index is 2260. The molecule has 0 saturated carbocycles. The van der Waals surface area contributed by atoms with Crippen molar-refractivity contribution in [1.82, 2.24) is 0 Å². The number of hydrogen-bond acceptors (Lipinski definition) is 3. The second kappa shape index (κ2) is 16.7. The van der Waals surface area contributed by atoms with Crippen molar-refractivity contribution >= 4 is 76.5 Å². The summed E-state index contributed by atoms with van der Waals surface area (Å²) in [6.07, 6.45) is 11.9. The Balaban J connectivity index is 0.000000177. The van der Waals surface area contributed by atoms with Gasteiger partial charge in [0.15, 0.2) is 0 Å². The van der Waals surface area contributed by atoms with Crippen LogP contribution in [0.3, 0.4) is 0 Å². The van der Waals surface area contributed by atoms with Gasteiger partial charge in [0, 0.05) is 46.5 Å². The third kappa shape index (κ3) is 8.26. The number of nitrogens with zero attached hydrogens (tertiary/aromatic N) is 1. The van der Waals surface area contributed by atoms with Gasteiger partial charge in [0.25, 0.3) is 0 Å². The molecule has 0 spiro atoms. The Morgan fingerprint density at radius 3 is 1.84 bits per heavy atom. The zero-order valence-electron chi connectivity index (χ0n) is 28.8. The minimum absolute atomic E-state index is 0.996. The number of anilines is 2. The summed E-state index contributed by atoms with van der Waals surface area (Å²) in [7, 11) is 0. The third-order valence-electron chi connectivity index (χ3n) is 8.01. The molecule has 244 valence electrons. The van der Waals surface area contributed by atoms with E-state index in [-0.39, 0.29) is 0 Å². The minimum Gasteiger partial charge on any atom is -0.310 e. The number of thiophene rings is 2. The van der Waals surface area contributed by atoms with Gasteiger partial charge in [0.1, 0.15) is 0 Å². The van der Waals surface area contributed by atoms with Crippen LogP contribution in [0.5, 0.6) is 0 Å². The van der Waals surface area contributed by atoms with Crippen molar-refractivity contribution in [2.45, 2.75) is 27.7 Å². The monoisotopic (exact) mass is 673 g/mol. The van der Waals surface area contributed by atoms with Crippen molar-refractivity contribution in [3.8, 4) is 0 Å². The second-order valence-electron chi connectivity index (χ2n) is 11.7. The highest BCUT2D eigenvalue weighted by atomic mass is 32.1. The van der Waals surface area contributed by atoms with E-state index in [0.29, 0.717) is 0 Å². The fourth-order valence-electron chi connectivity index (χ4n) is 5.74. The largest absolute Gasteiger partial charge is 0.310 e. The highest BCUT2D eigenvalue weighted by Crippen LogP contribution is 2.43. The van der Waals surface area contributed by atoms with Gasteiger partial charge in [0.05, 0.1) is 5.69 Å². The van der Waals surface area contributed by atoms with E-state index in [9.17, 15) is 0 Å². The Hall–Kier alpha value is -5.22. The maximum Gasteiger partial charge on any atom is 0.0554 e. The van der Waals surface area contributed by atoms with Gasteiger partial charge in [-0.05, 0) is 93.9 Å². The molecule has 0 aliphatic carbocycles. The number of rotatable bonds is 7. The molecule has 2 aromatic heterocycles. The first-order valence-electron chi connectivity index (χ1n) is 16.4. The number of fused-ring (bicyclic) bond motifs is 4. The van der Waals surface area contributed by atoms with Gasteiger partial charge in [0.2, 0.25) is 0 Å². The molecular weight excluding hydrogens is 631 g/mol. The zero-order chi connectivity index (χ0) is 34.8. The Morgan fingerprint density at radius 1 is 0.633 bits per heavy atom. The smallest absolute Gasteiger partial charge is 0.0554 e. The first-order valence-corrected chi connectivity index (χ1v) is 18.0. The van der Waals surface area contributed by atoms with E-state index in [4.69, 9.17) is 0 Å². The van der Waals surface area contributed by atoms with Gasteiger partial charge in [-0.25, -0.2) is 0 Å². The summed E-state index contributed by atoms with van der Waals surface area (Å²) in [5.41, 5.74) is 8.46. The average molecular weight is 674 g/mol. The molecule has 0 unspecified atom stereocenters. The summed E-state index contributed by atoms with van der Waals surface area (Å²) in [4.78, 5) is 3.51. The predicted octanol–water partition coefficient (Wildman–Crippen LogP) is 14.6. The fraction of sp³-hybridized carbons (Fsp3) is 0.0870. The molecule has 3 heteroatoms. The lowest BCUT2D eigenvalue weighted by molar-refractivity contribution is 1.22. The molecule has 5 aromatic carbocycles. The van der Waals surface area contributed by atoms with Crippen LogP contribution in [0.15, 0.2) is 165 Å². The van der Waals surface area contributed by atoms with Crippen molar-refractivity contribution in [2.24, 2.45) is 0 Å². The fourth-order valence-corrected chi connectivity index (χ4v) is 7.87. The normalized spacial score (nSPS) is 11.1. The van der Waals surface area contributed by atoms with Crippen molar-refractivity contribution in [3.63, 3.8) is 0 Å². The summed E-state index contributed by atoms with van der Waals surface area (Å²) >= 11 is 3.64. The van der Waals surface area contributed by atoms with Crippen LogP contribution in [0.4, 0.5) is 11.4 Å². The molecule has 7 rings (SSSR count). The van der Waals surface area contributed by atoms with E-state index in [0.717, 1.165) is 17.1 Å². The molecule has 2 heterocycles. The summed E-state index contributed by atoms with van der Waals surface area (Å²) < 4.78 is 3.93. The van der Waals surface area contributed by atoms with E-state index in [1.165, 1.54) is 57.4 Å². The molecule has 49 heavy (non-hydrogen) atoms. The Labute approximate surface area is 299 Å². The summed E-state index contributed by atoms with van der Waals surface area (Å²) in [6.45, 7) is 20.2. The molecule has 0 aliphatic heterocycles. The minimum atomic E-state index is 0.996. The molecule has 0 amide bonds. The first kappa shape index (κ1) is 35.1. The number of hydrogen-bond donors (Lipinski definition) is 0. The van der Waals surface area contributed by atoms with Gasteiger partial charge < -0.3 is 4.90 Å². The lowest BCUT2D eigenvalue weighted by Gasteiger charge is -2.27. The van der Waals surface area contributed by atoms with Crippen LogP contribution in [-0.2, 0) is 0 Å². The molecule has 0 saturated heterocycles. The van der Waals surface area contributed by atoms with Crippen LogP contribution in [0.2, 0.25) is 0 Å². The van der Waals surface area contributed by atoms with Crippen molar-refractivity contribution in [2.75, 3.05) is 4.90 Å². The highest BCUT2D eigenvalue weighted by molar-refractivity contribution is 7.26. The third-order valence-corrected chi connectivity index (χ3v) is 10.3. The lowest BCUT2D eigenvalue weighted by Crippen LogP contribution is -2.15. The van der Waals surface area contributed by atoms with E-state index >= 15 is 0 Å². The molecule has 0 bridgehead atoms. The van der Waals surface area contributed by atoms with Crippen LogP contribution in [0.25, 0.3) is 42.4 Å². The number of para-hydroxylation sites is 1. The van der Waals surface area contributed by atoms with Gasteiger partial charge in [-0.2, -0.15) is 0 Å². The Kier molecular flexibility index (Phi) is 12.0. The van der Waals surface area contributed by atoms with Crippen molar-refractivity contribution in [3.05, 3.63) is 192 Å². The maximum atomic E-state index is 4.04. The van der Waals surface area contributed by atoms with Gasteiger partial charge in [-0.15, -0.1) is 22.7 Å². The molecule has 0 N–H and O–H groups in total. The van der Waals surface area contributed by atoms with Crippen molar-refractivity contribution in [1.29, 1.82) is 0 Å². The lowest BCUT2D eigenvalue weighted by atomic mass is 10.1. The van der Waals surface area contributed by atoms with E-state index in [2.05, 4.69) is 149 Å². The van der Waals surface area contributed by atoms with Crippen LogP contribution >= 0.6 is 22.7 Å². The standard InChI is InChI=1S/C25H21NS.C14H14S.C7H8/c1-4-10-19(5-2)26(20-11-7-6-8-12-20)22-13-9-14-24-25(22)21-17-18(3)15-16-23(21)27-24;1-4-6-11-12-9-10(3)7-8-14(12)15-13(11)5-2;1-7-5-3-2-4-6-7/h4-17H,1-2H2,3H3;4-9H,2H2,1,3H3;2-6H,1H3/b19-10+;6-4-;. The quantitative estimate of drug-likeness (QED) is 0.152. The number of aryl methyl sites for hydroxylation is 3. The number of benzene rings is 5. The van der Waals surface area contributed by atoms with Crippen LogP contribution < -0.4 is 4.90 Å². The predicted molar refractivity (Wildman–Crippen MR) is 224 cm³/mol. The van der Waals surface area contributed by atoms with E-state index < -0.39 is 0 Å². The molecule has 0 aliphatic rings. The topological polar surface area (TPSA) is 3.24 Å². The molecule has 0 radical (unpaired) electrons. The van der Waals surface area contributed by atoms with Crippen LogP contribution in [0, 0.1) is 20.8 Å². The summed E-state index contributed by atoms with van der Waals surface area (Å²) in [5, 5.41) is 3.92. The molecule has 7 aromatic rings. The molecule has 0 fully saturated rings. The van der Waals surface area contributed by atoms with E-state index in [1.807, 2.05) is 66.8 Å². The number of allylic oxidation sites excluding steroid dienone is 4. The highest BCUT2D eigenvalue weighted by Gasteiger charge is 2.18. The maximum absolute atomic E-state index is 4.04. The molecular formula is C46H43NS2. The van der Waals surface area contributed by atoms with Crippen molar-refractivity contribution < 1.29 is 0 Å². The van der Waals surface area contributed by atoms with Crippen LogP contribution in [-0.4, -0.2) is 0 Å².